The summed E-state index contributed by atoms with van der Waals surface area (Å²) in [6.45, 7) is 6.55. The van der Waals surface area contributed by atoms with Gasteiger partial charge in [-0.15, -0.1) is 0 Å². The van der Waals surface area contributed by atoms with E-state index in [1.54, 1.807) is 0 Å². The van der Waals surface area contributed by atoms with Crippen molar-refractivity contribution in [2.24, 2.45) is 4.99 Å². The Balaban J connectivity index is 2.03. The highest BCUT2D eigenvalue weighted by atomic mass is 32.2. The van der Waals surface area contributed by atoms with Gasteiger partial charge in [-0.1, -0.05) is 43.0 Å². The van der Waals surface area contributed by atoms with Gasteiger partial charge in [0.15, 0.2) is 5.17 Å². The van der Waals surface area contributed by atoms with Crippen molar-refractivity contribution in [1.29, 1.82) is 0 Å². The lowest BCUT2D eigenvalue weighted by Crippen LogP contribution is -2.23. The minimum Gasteiger partial charge on any atom is -0.358 e. The summed E-state index contributed by atoms with van der Waals surface area (Å²) in [6, 6.07) is 9.36. The number of aliphatic imine (C=N–C) groups is 1. The fraction of sp³-hybridized carbons (Fsp3) is 0.500. The topological polar surface area (TPSA) is 24.4 Å². The molecule has 17 heavy (non-hydrogen) atoms. The average Bonchev–Trinajstić information content (AvgIpc) is 2.77. The van der Waals surface area contributed by atoms with Gasteiger partial charge in [0, 0.05) is 5.75 Å². The highest BCUT2D eigenvalue weighted by molar-refractivity contribution is 8.14. The summed E-state index contributed by atoms with van der Waals surface area (Å²) < 4.78 is 0. The lowest BCUT2D eigenvalue weighted by atomic mass is 10.0. The maximum Gasteiger partial charge on any atom is 0.157 e. The Bertz CT molecular complexity index is 414. The van der Waals surface area contributed by atoms with Crippen LogP contribution in [0.3, 0.4) is 0 Å². The molecule has 1 aliphatic heterocycles. The van der Waals surface area contributed by atoms with Gasteiger partial charge in [-0.2, -0.15) is 0 Å². The van der Waals surface area contributed by atoms with E-state index in [0.29, 0.717) is 12.1 Å². The Morgan fingerprint density at radius 3 is 2.88 bits per heavy atom. The molecule has 3 heteroatoms. The first kappa shape index (κ1) is 12.5. The minimum absolute atomic E-state index is 0.332. The van der Waals surface area contributed by atoms with Gasteiger partial charge in [0.1, 0.15) is 0 Å². The first-order chi connectivity index (χ1) is 8.20. The molecule has 1 aromatic carbocycles. The van der Waals surface area contributed by atoms with Gasteiger partial charge in [0.25, 0.3) is 0 Å². The summed E-state index contributed by atoms with van der Waals surface area (Å²) in [6.07, 6.45) is 1.14. The van der Waals surface area contributed by atoms with Crippen LogP contribution in [0, 0.1) is 6.92 Å². The van der Waals surface area contributed by atoms with Crippen LogP contribution in [0.5, 0.6) is 0 Å². The quantitative estimate of drug-likeness (QED) is 0.885. The molecule has 1 aromatic rings. The number of hydrogen-bond acceptors (Lipinski definition) is 3. The Morgan fingerprint density at radius 2 is 2.24 bits per heavy atom. The monoisotopic (exact) mass is 248 g/mol. The summed E-state index contributed by atoms with van der Waals surface area (Å²) in [4.78, 5) is 4.67. The SMILES string of the molecule is CCC1CSC(NC(C)c2ccccc2C)=N1. The molecule has 0 amide bonds. The van der Waals surface area contributed by atoms with Crippen molar-refractivity contribution in [3.05, 3.63) is 35.4 Å². The zero-order valence-corrected chi connectivity index (χ0v) is 11.6. The molecule has 0 radical (unpaired) electrons. The van der Waals surface area contributed by atoms with Gasteiger partial charge in [0.05, 0.1) is 12.1 Å². The largest absolute Gasteiger partial charge is 0.358 e. The maximum absolute atomic E-state index is 4.67. The molecular weight excluding hydrogens is 228 g/mol. The van der Waals surface area contributed by atoms with Crippen LogP contribution in [0.2, 0.25) is 0 Å². The molecule has 0 saturated heterocycles. The van der Waals surface area contributed by atoms with Gasteiger partial charge >= 0.3 is 0 Å². The lowest BCUT2D eigenvalue weighted by Gasteiger charge is -2.16. The Kier molecular flexibility index (Phi) is 4.11. The molecule has 0 aromatic heterocycles. The first-order valence-corrected chi connectivity index (χ1v) is 7.22. The zero-order valence-electron chi connectivity index (χ0n) is 10.7. The van der Waals surface area contributed by atoms with Gasteiger partial charge in [-0.3, -0.25) is 4.99 Å². The molecule has 0 aliphatic carbocycles. The van der Waals surface area contributed by atoms with Gasteiger partial charge < -0.3 is 5.32 Å². The Hall–Kier alpha value is -0.960. The third kappa shape index (κ3) is 3.03. The number of amidine groups is 1. The van der Waals surface area contributed by atoms with Crippen LogP contribution >= 0.6 is 11.8 Å². The summed E-state index contributed by atoms with van der Waals surface area (Å²) in [7, 11) is 0. The predicted octanol–water partition coefficient (Wildman–Crippen LogP) is 3.53. The zero-order chi connectivity index (χ0) is 12.3. The van der Waals surface area contributed by atoms with E-state index in [2.05, 4.69) is 55.3 Å². The summed E-state index contributed by atoms with van der Waals surface area (Å²) in [5.74, 6) is 1.12. The van der Waals surface area contributed by atoms with Crippen LogP contribution in [0.25, 0.3) is 0 Å². The molecule has 2 atom stereocenters. The Labute approximate surface area is 108 Å². The number of rotatable bonds is 3. The molecule has 1 N–H and O–H groups in total. The molecular formula is C14H20N2S. The van der Waals surface area contributed by atoms with E-state index in [4.69, 9.17) is 0 Å². The van der Waals surface area contributed by atoms with E-state index < -0.39 is 0 Å². The van der Waals surface area contributed by atoms with E-state index in [1.165, 1.54) is 11.1 Å². The fourth-order valence-electron chi connectivity index (χ4n) is 2.04. The predicted molar refractivity (Wildman–Crippen MR) is 76.7 cm³/mol. The highest BCUT2D eigenvalue weighted by Crippen LogP contribution is 2.22. The summed E-state index contributed by atoms with van der Waals surface area (Å²) >= 11 is 1.84. The van der Waals surface area contributed by atoms with E-state index in [-0.39, 0.29) is 0 Å². The van der Waals surface area contributed by atoms with Crippen LogP contribution in [-0.2, 0) is 0 Å². The normalized spacial score (nSPS) is 21.1. The third-order valence-corrected chi connectivity index (χ3v) is 4.23. The van der Waals surface area contributed by atoms with E-state index in [9.17, 15) is 0 Å². The van der Waals surface area contributed by atoms with Crippen molar-refractivity contribution in [2.75, 3.05) is 5.75 Å². The molecule has 0 bridgehead atoms. The van der Waals surface area contributed by atoms with Crippen molar-refractivity contribution in [1.82, 2.24) is 5.32 Å². The number of nitrogens with one attached hydrogen (secondary N) is 1. The second-order valence-corrected chi connectivity index (χ2v) is 5.54. The molecule has 92 valence electrons. The second kappa shape index (κ2) is 5.58. The molecule has 2 rings (SSSR count). The van der Waals surface area contributed by atoms with Crippen LogP contribution in [0.4, 0.5) is 0 Å². The lowest BCUT2D eigenvalue weighted by molar-refractivity contribution is 0.699. The second-order valence-electron chi connectivity index (χ2n) is 4.53. The minimum atomic E-state index is 0.332. The summed E-state index contributed by atoms with van der Waals surface area (Å²) in [5.41, 5.74) is 2.69. The van der Waals surface area contributed by atoms with Gasteiger partial charge in [-0.25, -0.2) is 0 Å². The van der Waals surface area contributed by atoms with Crippen LogP contribution in [0.1, 0.15) is 37.4 Å². The molecule has 0 saturated carbocycles. The van der Waals surface area contributed by atoms with Crippen LogP contribution in [0.15, 0.2) is 29.3 Å². The van der Waals surface area contributed by atoms with Crippen molar-refractivity contribution in [3.63, 3.8) is 0 Å². The maximum atomic E-state index is 4.67. The number of hydrogen-bond donors (Lipinski definition) is 1. The molecule has 0 spiro atoms. The van der Waals surface area contributed by atoms with Crippen molar-refractivity contribution < 1.29 is 0 Å². The van der Waals surface area contributed by atoms with Gasteiger partial charge in [-0.05, 0) is 31.4 Å². The molecule has 2 nitrogen and oxygen atoms in total. The average molecular weight is 248 g/mol. The van der Waals surface area contributed by atoms with Crippen LogP contribution < -0.4 is 5.32 Å². The van der Waals surface area contributed by atoms with Crippen LogP contribution in [-0.4, -0.2) is 17.0 Å². The van der Waals surface area contributed by atoms with Crippen molar-refractivity contribution >= 4 is 16.9 Å². The molecule has 1 heterocycles. The molecule has 0 fully saturated rings. The van der Waals surface area contributed by atoms with E-state index >= 15 is 0 Å². The van der Waals surface area contributed by atoms with Crippen molar-refractivity contribution in [3.8, 4) is 0 Å². The van der Waals surface area contributed by atoms with E-state index in [1.807, 2.05) is 11.8 Å². The fourth-order valence-corrected chi connectivity index (χ4v) is 3.18. The molecule has 1 aliphatic rings. The smallest absolute Gasteiger partial charge is 0.157 e. The standard InChI is InChI=1S/C14H20N2S/c1-4-12-9-17-14(16-12)15-11(3)13-8-6-5-7-10(13)2/h5-8,11-12H,4,9H2,1-3H3,(H,15,16). The number of aryl methyl sites for hydroxylation is 1. The number of benzene rings is 1. The third-order valence-electron chi connectivity index (χ3n) is 3.18. The van der Waals surface area contributed by atoms with E-state index in [0.717, 1.165) is 17.3 Å². The summed E-state index contributed by atoms with van der Waals surface area (Å²) in [5, 5.41) is 4.62. The molecule has 2 unspecified atom stereocenters. The highest BCUT2D eigenvalue weighted by Gasteiger charge is 2.18. The number of thioether (sulfide) groups is 1. The first-order valence-electron chi connectivity index (χ1n) is 6.23. The van der Waals surface area contributed by atoms with Gasteiger partial charge in [0.2, 0.25) is 0 Å². The van der Waals surface area contributed by atoms with Crippen molar-refractivity contribution in [2.45, 2.75) is 39.3 Å². The number of nitrogens with zero attached hydrogens (tertiary/aromatic N) is 1. The Morgan fingerprint density at radius 1 is 1.47 bits per heavy atom.